The number of fused-ring (bicyclic) bond motifs is 1. The molecule has 1 aromatic heterocycles. The number of aryl methyl sites for hydroxylation is 3. The summed E-state index contributed by atoms with van der Waals surface area (Å²) in [6.07, 6.45) is 1.92. The third-order valence-corrected chi connectivity index (χ3v) is 2.76. The maximum atomic E-state index is 5.48. The quantitative estimate of drug-likeness (QED) is 0.905. The van der Waals surface area contributed by atoms with E-state index < -0.39 is 0 Å². The van der Waals surface area contributed by atoms with Gasteiger partial charge in [0.15, 0.2) is 0 Å². The average molecular weight is 276 g/mol. The van der Waals surface area contributed by atoms with Gasteiger partial charge in [-0.05, 0) is 50.1 Å². The van der Waals surface area contributed by atoms with Crippen LogP contribution in [0.2, 0.25) is 0 Å². The molecule has 5 heteroatoms. The summed E-state index contributed by atoms with van der Waals surface area (Å²) in [6, 6.07) is 4.29. The Morgan fingerprint density at radius 2 is 1.82 bits per heavy atom. The van der Waals surface area contributed by atoms with Crippen molar-refractivity contribution in [3.8, 4) is 0 Å². The van der Waals surface area contributed by atoms with E-state index in [1.807, 2.05) is 0 Å². The van der Waals surface area contributed by atoms with Crippen molar-refractivity contribution in [1.82, 2.24) is 9.97 Å². The van der Waals surface area contributed by atoms with Gasteiger partial charge in [0.2, 0.25) is 0 Å². The van der Waals surface area contributed by atoms with Crippen molar-refractivity contribution in [1.29, 1.82) is 0 Å². The molecule has 0 unspecified atom stereocenters. The number of nitrogens with two attached hydrogens (primary N) is 1. The van der Waals surface area contributed by atoms with Gasteiger partial charge in [-0.1, -0.05) is 0 Å². The number of aromatic amines is 1. The molecular weight excluding hydrogens is 257 g/mol. The van der Waals surface area contributed by atoms with Crippen LogP contribution in [0.1, 0.15) is 23.4 Å². The molecular formula is C12H19Cl2N3. The van der Waals surface area contributed by atoms with Crippen molar-refractivity contribution in [2.45, 2.75) is 26.7 Å². The number of imidazole rings is 1. The Balaban J connectivity index is 0.00000128. The van der Waals surface area contributed by atoms with E-state index in [2.05, 4.69) is 35.9 Å². The Hall–Kier alpha value is -0.770. The van der Waals surface area contributed by atoms with E-state index in [0.29, 0.717) is 0 Å². The zero-order chi connectivity index (χ0) is 10.8. The second kappa shape index (κ2) is 6.84. The van der Waals surface area contributed by atoms with Crippen molar-refractivity contribution < 1.29 is 0 Å². The minimum Gasteiger partial charge on any atom is -0.342 e. The number of hydrogen-bond acceptors (Lipinski definition) is 2. The molecule has 17 heavy (non-hydrogen) atoms. The number of benzene rings is 1. The zero-order valence-electron chi connectivity index (χ0n) is 10.1. The van der Waals surface area contributed by atoms with Crippen LogP contribution in [0.25, 0.3) is 11.0 Å². The second-order valence-electron chi connectivity index (χ2n) is 4.03. The molecule has 0 fully saturated rings. The maximum Gasteiger partial charge on any atom is 0.107 e. The van der Waals surface area contributed by atoms with Crippen molar-refractivity contribution in [3.05, 3.63) is 29.1 Å². The molecule has 3 N–H and O–H groups in total. The highest BCUT2D eigenvalue weighted by atomic mass is 35.5. The van der Waals surface area contributed by atoms with Gasteiger partial charge in [0.1, 0.15) is 5.82 Å². The molecule has 96 valence electrons. The van der Waals surface area contributed by atoms with Gasteiger partial charge >= 0.3 is 0 Å². The number of hydrogen-bond donors (Lipinski definition) is 2. The minimum absolute atomic E-state index is 0. The topological polar surface area (TPSA) is 54.7 Å². The largest absolute Gasteiger partial charge is 0.342 e. The highest BCUT2D eigenvalue weighted by molar-refractivity contribution is 5.85. The van der Waals surface area contributed by atoms with Crippen LogP contribution in [0.4, 0.5) is 0 Å². The van der Waals surface area contributed by atoms with Gasteiger partial charge in [0, 0.05) is 6.42 Å². The van der Waals surface area contributed by atoms with E-state index in [1.54, 1.807) is 0 Å². The number of aromatic nitrogens is 2. The fraction of sp³-hybridized carbons (Fsp3) is 0.417. The Kier molecular flexibility index (Phi) is 6.53. The van der Waals surface area contributed by atoms with Gasteiger partial charge in [0.05, 0.1) is 11.0 Å². The van der Waals surface area contributed by atoms with E-state index in [1.165, 1.54) is 11.1 Å². The van der Waals surface area contributed by atoms with Crippen molar-refractivity contribution >= 4 is 35.8 Å². The first-order chi connectivity index (χ1) is 7.20. The van der Waals surface area contributed by atoms with Crippen molar-refractivity contribution in [3.63, 3.8) is 0 Å². The summed E-state index contributed by atoms with van der Waals surface area (Å²) in [5.74, 6) is 1.04. The lowest BCUT2D eigenvalue weighted by Gasteiger charge is -1.97. The van der Waals surface area contributed by atoms with Gasteiger partial charge in [-0.2, -0.15) is 0 Å². The lowest BCUT2D eigenvalue weighted by molar-refractivity contribution is 0.796. The number of H-pyrrole nitrogens is 1. The molecule has 2 rings (SSSR count). The van der Waals surface area contributed by atoms with Crippen LogP contribution in [-0.4, -0.2) is 16.5 Å². The van der Waals surface area contributed by atoms with Crippen LogP contribution in [0.5, 0.6) is 0 Å². The van der Waals surface area contributed by atoms with Crippen molar-refractivity contribution in [2.75, 3.05) is 6.54 Å². The van der Waals surface area contributed by atoms with E-state index in [4.69, 9.17) is 5.73 Å². The van der Waals surface area contributed by atoms with Crippen LogP contribution >= 0.6 is 24.8 Å². The smallest absolute Gasteiger partial charge is 0.107 e. The third-order valence-electron chi connectivity index (χ3n) is 2.76. The van der Waals surface area contributed by atoms with Crippen LogP contribution in [0.15, 0.2) is 12.1 Å². The van der Waals surface area contributed by atoms with E-state index in [0.717, 1.165) is 36.2 Å². The molecule has 0 radical (unpaired) electrons. The standard InChI is InChI=1S/C12H17N3.2ClH/c1-8-6-10-11(7-9(8)2)15-12(14-10)4-3-5-13;;/h6-7H,3-5,13H2,1-2H3,(H,14,15);2*1H. The van der Waals surface area contributed by atoms with Crippen LogP contribution in [-0.2, 0) is 6.42 Å². The monoisotopic (exact) mass is 275 g/mol. The third kappa shape index (κ3) is 3.60. The highest BCUT2D eigenvalue weighted by Crippen LogP contribution is 2.17. The Morgan fingerprint density at radius 3 is 2.47 bits per heavy atom. The SMILES string of the molecule is Cc1cc2nc(CCCN)[nH]c2cc1C.Cl.Cl. The summed E-state index contributed by atoms with van der Waals surface area (Å²) in [4.78, 5) is 7.87. The Morgan fingerprint density at radius 1 is 1.18 bits per heavy atom. The summed E-state index contributed by atoms with van der Waals surface area (Å²) in [7, 11) is 0. The fourth-order valence-corrected chi connectivity index (χ4v) is 1.71. The summed E-state index contributed by atoms with van der Waals surface area (Å²) >= 11 is 0. The Labute approximate surface area is 114 Å². The normalized spacial score (nSPS) is 9.82. The van der Waals surface area contributed by atoms with Crippen LogP contribution in [0, 0.1) is 13.8 Å². The second-order valence-corrected chi connectivity index (χ2v) is 4.03. The van der Waals surface area contributed by atoms with Gasteiger partial charge in [-0.15, -0.1) is 24.8 Å². The molecule has 0 aliphatic heterocycles. The molecule has 0 bridgehead atoms. The molecule has 0 saturated heterocycles. The molecule has 0 spiro atoms. The molecule has 2 aromatic rings. The predicted octanol–water partition coefficient (Wildman–Crippen LogP) is 2.91. The molecule has 0 aliphatic rings. The van der Waals surface area contributed by atoms with E-state index >= 15 is 0 Å². The first kappa shape index (κ1) is 16.2. The number of nitrogens with zero attached hydrogens (tertiary/aromatic N) is 1. The number of nitrogens with one attached hydrogen (secondary N) is 1. The molecule has 1 heterocycles. The summed E-state index contributed by atoms with van der Waals surface area (Å²) in [5, 5.41) is 0. The first-order valence-electron chi connectivity index (χ1n) is 5.36. The van der Waals surface area contributed by atoms with Gasteiger partial charge < -0.3 is 10.7 Å². The summed E-state index contributed by atoms with van der Waals surface area (Å²) in [5.41, 5.74) is 10.3. The molecule has 3 nitrogen and oxygen atoms in total. The Bertz CT molecular complexity index is 441. The predicted molar refractivity (Wildman–Crippen MR) is 77.4 cm³/mol. The van der Waals surface area contributed by atoms with Crippen molar-refractivity contribution in [2.24, 2.45) is 5.73 Å². The average Bonchev–Trinajstić information content (AvgIpc) is 2.58. The number of rotatable bonds is 3. The molecule has 0 atom stereocenters. The molecule has 0 aliphatic carbocycles. The lowest BCUT2D eigenvalue weighted by atomic mass is 10.1. The first-order valence-corrected chi connectivity index (χ1v) is 5.36. The highest BCUT2D eigenvalue weighted by Gasteiger charge is 2.04. The van der Waals surface area contributed by atoms with Gasteiger partial charge in [0.25, 0.3) is 0 Å². The van der Waals surface area contributed by atoms with Gasteiger partial charge in [-0.3, -0.25) is 0 Å². The number of halogens is 2. The fourth-order valence-electron chi connectivity index (χ4n) is 1.71. The van der Waals surface area contributed by atoms with Crippen LogP contribution < -0.4 is 5.73 Å². The zero-order valence-corrected chi connectivity index (χ0v) is 11.8. The minimum atomic E-state index is 0. The maximum absolute atomic E-state index is 5.48. The van der Waals surface area contributed by atoms with Crippen LogP contribution in [0.3, 0.4) is 0 Å². The summed E-state index contributed by atoms with van der Waals surface area (Å²) < 4.78 is 0. The van der Waals surface area contributed by atoms with E-state index in [-0.39, 0.29) is 24.8 Å². The van der Waals surface area contributed by atoms with E-state index in [9.17, 15) is 0 Å². The van der Waals surface area contributed by atoms with Gasteiger partial charge in [-0.25, -0.2) is 4.98 Å². The lowest BCUT2D eigenvalue weighted by Crippen LogP contribution is -2.01. The molecule has 1 aromatic carbocycles. The molecule has 0 saturated carbocycles. The summed E-state index contributed by atoms with van der Waals surface area (Å²) in [6.45, 7) is 4.95. The molecule has 0 amide bonds.